The van der Waals surface area contributed by atoms with E-state index in [4.69, 9.17) is 0 Å². The summed E-state index contributed by atoms with van der Waals surface area (Å²) >= 11 is 0. The van der Waals surface area contributed by atoms with Gasteiger partial charge < -0.3 is 9.80 Å². The zero-order valence-corrected chi connectivity index (χ0v) is 15.1. The highest BCUT2D eigenvalue weighted by Crippen LogP contribution is 2.48. The van der Waals surface area contributed by atoms with Gasteiger partial charge in [0.05, 0.1) is 5.92 Å². The maximum atomic E-state index is 13.1. The summed E-state index contributed by atoms with van der Waals surface area (Å²) in [6, 6.07) is 10.7. The highest BCUT2D eigenvalue weighted by Gasteiger charge is 2.49. The Morgan fingerprint density at radius 1 is 1.16 bits per heavy atom. The quantitative estimate of drug-likeness (QED) is 0.848. The number of carbonyl (C=O) groups excluding carboxylic acids is 2. The number of hydrogen-bond acceptors (Lipinski definition) is 2. The third-order valence-corrected chi connectivity index (χ3v) is 6.39. The number of benzene rings is 1. The van der Waals surface area contributed by atoms with Crippen molar-refractivity contribution < 1.29 is 9.59 Å². The molecule has 1 aromatic rings. The van der Waals surface area contributed by atoms with Gasteiger partial charge in [-0.3, -0.25) is 9.59 Å². The second-order valence-electron chi connectivity index (χ2n) is 8.10. The molecule has 2 aliphatic heterocycles. The monoisotopic (exact) mass is 340 g/mol. The summed E-state index contributed by atoms with van der Waals surface area (Å²) in [5.74, 6) is 0.579. The van der Waals surface area contributed by atoms with Crippen LogP contribution in [0.4, 0.5) is 0 Å². The predicted octanol–water partition coefficient (Wildman–Crippen LogP) is 3.18. The van der Waals surface area contributed by atoms with Crippen LogP contribution in [0, 0.1) is 5.41 Å². The SMILES string of the molecule is CCC(=O)N1CCC2(CC1)CC(c1ccccc1)C(=O)N(C1CC1)C2. The van der Waals surface area contributed by atoms with Crippen molar-refractivity contribution in [2.24, 2.45) is 5.41 Å². The van der Waals surface area contributed by atoms with Gasteiger partial charge in [-0.2, -0.15) is 0 Å². The fourth-order valence-electron chi connectivity index (χ4n) is 4.68. The summed E-state index contributed by atoms with van der Waals surface area (Å²) in [5.41, 5.74) is 1.34. The van der Waals surface area contributed by atoms with Crippen LogP contribution in [-0.2, 0) is 9.59 Å². The summed E-state index contributed by atoms with van der Waals surface area (Å²) < 4.78 is 0. The van der Waals surface area contributed by atoms with E-state index in [-0.39, 0.29) is 17.2 Å². The lowest BCUT2D eigenvalue weighted by Crippen LogP contribution is -2.55. The summed E-state index contributed by atoms with van der Waals surface area (Å²) in [4.78, 5) is 29.3. The molecule has 4 rings (SSSR count). The van der Waals surface area contributed by atoms with Crippen LogP contribution in [0.15, 0.2) is 30.3 Å². The van der Waals surface area contributed by atoms with Gasteiger partial charge in [0.1, 0.15) is 0 Å². The zero-order chi connectivity index (χ0) is 17.4. The lowest BCUT2D eigenvalue weighted by atomic mass is 9.67. The minimum atomic E-state index is -0.0102. The third-order valence-electron chi connectivity index (χ3n) is 6.39. The average molecular weight is 340 g/mol. The van der Waals surface area contributed by atoms with Gasteiger partial charge in [-0.1, -0.05) is 37.3 Å². The number of carbonyl (C=O) groups is 2. The van der Waals surface area contributed by atoms with Gasteiger partial charge in [0.2, 0.25) is 11.8 Å². The smallest absolute Gasteiger partial charge is 0.230 e. The first-order chi connectivity index (χ1) is 12.1. The maximum Gasteiger partial charge on any atom is 0.230 e. The summed E-state index contributed by atoms with van der Waals surface area (Å²) in [6.07, 6.45) is 5.89. The number of likely N-dealkylation sites (tertiary alicyclic amines) is 2. The van der Waals surface area contributed by atoms with Crippen molar-refractivity contribution in [3.63, 3.8) is 0 Å². The van der Waals surface area contributed by atoms with E-state index in [1.165, 1.54) is 0 Å². The van der Waals surface area contributed by atoms with Crippen LogP contribution in [0.1, 0.15) is 56.9 Å². The molecule has 3 aliphatic rings. The molecule has 0 aromatic heterocycles. The highest BCUT2D eigenvalue weighted by molar-refractivity contribution is 5.85. The number of nitrogens with zero attached hydrogens (tertiary/aromatic N) is 2. The highest BCUT2D eigenvalue weighted by atomic mass is 16.2. The molecule has 0 bridgehead atoms. The van der Waals surface area contributed by atoms with Gasteiger partial charge in [0.25, 0.3) is 0 Å². The molecule has 1 spiro atoms. The van der Waals surface area contributed by atoms with E-state index in [0.29, 0.717) is 18.4 Å². The minimum Gasteiger partial charge on any atom is -0.343 e. The van der Waals surface area contributed by atoms with Crippen LogP contribution >= 0.6 is 0 Å². The fraction of sp³-hybridized carbons (Fsp3) is 0.619. The molecule has 0 radical (unpaired) electrons. The Morgan fingerprint density at radius 2 is 1.84 bits per heavy atom. The molecule has 2 heterocycles. The van der Waals surface area contributed by atoms with E-state index >= 15 is 0 Å². The molecule has 4 nitrogen and oxygen atoms in total. The number of piperidine rings is 2. The molecule has 0 N–H and O–H groups in total. The zero-order valence-electron chi connectivity index (χ0n) is 15.1. The van der Waals surface area contributed by atoms with Gasteiger partial charge in [-0.05, 0) is 43.1 Å². The molecule has 134 valence electrons. The summed E-state index contributed by atoms with van der Waals surface area (Å²) in [5, 5.41) is 0. The largest absolute Gasteiger partial charge is 0.343 e. The topological polar surface area (TPSA) is 40.6 Å². The molecule has 1 aliphatic carbocycles. The average Bonchev–Trinajstić information content (AvgIpc) is 3.49. The summed E-state index contributed by atoms with van der Waals surface area (Å²) in [7, 11) is 0. The van der Waals surface area contributed by atoms with Crippen LogP contribution in [0.25, 0.3) is 0 Å². The predicted molar refractivity (Wildman–Crippen MR) is 97.1 cm³/mol. The van der Waals surface area contributed by atoms with E-state index in [1.807, 2.05) is 30.0 Å². The van der Waals surface area contributed by atoms with Crippen LogP contribution in [0.2, 0.25) is 0 Å². The molecule has 1 atom stereocenters. The lowest BCUT2D eigenvalue weighted by molar-refractivity contribution is -0.145. The molecule has 4 heteroatoms. The Hall–Kier alpha value is -1.84. The van der Waals surface area contributed by atoms with Gasteiger partial charge in [-0.15, -0.1) is 0 Å². The van der Waals surface area contributed by atoms with Gasteiger partial charge >= 0.3 is 0 Å². The molecule has 2 saturated heterocycles. The Balaban J connectivity index is 1.56. The molecule has 2 amide bonds. The Kier molecular flexibility index (Phi) is 4.30. The van der Waals surface area contributed by atoms with Crippen molar-refractivity contribution in [1.29, 1.82) is 0 Å². The Labute approximate surface area is 150 Å². The molecule has 1 saturated carbocycles. The number of amides is 2. The minimum absolute atomic E-state index is 0.0102. The van der Waals surface area contributed by atoms with Crippen LogP contribution < -0.4 is 0 Å². The first kappa shape index (κ1) is 16.6. The number of hydrogen-bond donors (Lipinski definition) is 0. The van der Waals surface area contributed by atoms with Crippen LogP contribution in [-0.4, -0.2) is 47.3 Å². The standard InChI is InChI=1S/C21H28N2O2/c1-2-19(24)22-12-10-21(11-13-22)14-18(16-6-4-3-5-7-16)20(25)23(15-21)17-8-9-17/h3-7,17-18H,2,8-15H2,1H3. The molecule has 1 unspecified atom stereocenters. The summed E-state index contributed by atoms with van der Waals surface area (Å²) in [6.45, 7) is 4.53. The Morgan fingerprint density at radius 3 is 2.44 bits per heavy atom. The van der Waals surface area contributed by atoms with Gasteiger partial charge in [-0.25, -0.2) is 0 Å². The first-order valence-corrected chi connectivity index (χ1v) is 9.75. The van der Waals surface area contributed by atoms with Crippen molar-refractivity contribution >= 4 is 11.8 Å². The molecule has 1 aromatic carbocycles. The van der Waals surface area contributed by atoms with Crippen LogP contribution in [0.5, 0.6) is 0 Å². The lowest BCUT2D eigenvalue weighted by Gasteiger charge is -2.50. The van der Waals surface area contributed by atoms with E-state index in [1.54, 1.807) is 0 Å². The van der Waals surface area contributed by atoms with E-state index < -0.39 is 0 Å². The van der Waals surface area contributed by atoms with Crippen molar-refractivity contribution in [3.05, 3.63) is 35.9 Å². The first-order valence-electron chi connectivity index (χ1n) is 9.75. The van der Waals surface area contributed by atoms with Gasteiger partial charge in [0.15, 0.2) is 0 Å². The molecular formula is C21H28N2O2. The molecular weight excluding hydrogens is 312 g/mol. The second-order valence-corrected chi connectivity index (χ2v) is 8.10. The van der Waals surface area contributed by atoms with Gasteiger partial charge in [0, 0.05) is 32.1 Å². The number of rotatable bonds is 3. The van der Waals surface area contributed by atoms with Crippen molar-refractivity contribution in [2.75, 3.05) is 19.6 Å². The molecule has 25 heavy (non-hydrogen) atoms. The van der Waals surface area contributed by atoms with E-state index in [0.717, 1.165) is 57.3 Å². The van der Waals surface area contributed by atoms with Crippen molar-refractivity contribution in [2.45, 2.75) is 57.4 Å². The normalized spacial score (nSPS) is 26.1. The maximum absolute atomic E-state index is 13.1. The van der Waals surface area contributed by atoms with Crippen molar-refractivity contribution in [1.82, 2.24) is 9.80 Å². The van der Waals surface area contributed by atoms with Crippen molar-refractivity contribution in [3.8, 4) is 0 Å². The Bertz CT molecular complexity index is 645. The fourth-order valence-corrected chi connectivity index (χ4v) is 4.68. The third kappa shape index (κ3) is 3.19. The van der Waals surface area contributed by atoms with E-state index in [9.17, 15) is 9.59 Å². The van der Waals surface area contributed by atoms with E-state index in [2.05, 4.69) is 17.0 Å². The molecule has 3 fully saturated rings. The van der Waals surface area contributed by atoms with Crippen LogP contribution in [0.3, 0.4) is 0 Å². The second kappa shape index (κ2) is 6.47.